The van der Waals surface area contributed by atoms with E-state index in [4.69, 9.17) is 21.1 Å². The highest BCUT2D eigenvalue weighted by molar-refractivity contribution is 6.30. The fraction of sp³-hybridized carbons (Fsp3) is 0.364. The van der Waals surface area contributed by atoms with Crippen LogP contribution < -0.4 is 14.8 Å². The molecule has 0 atom stereocenters. The van der Waals surface area contributed by atoms with Crippen LogP contribution in [0.2, 0.25) is 5.02 Å². The number of halogens is 4. The molecule has 2 aromatic carbocycles. The quantitative estimate of drug-likeness (QED) is 0.674. The van der Waals surface area contributed by atoms with E-state index in [-0.39, 0.29) is 23.2 Å². The summed E-state index contributed by atoms with van der Waals surface area (Å²) >= 11 is 5.66. The number of anilines is 1. The van der Waals surface area contributed by atoms with Gasteiger partial charge in [-0.05, 0) is 36.4 Å². The molecule has 0 radical (unpaired) electrons. The minimum absolute atomic E-state index is 0.0735. The first-order chi connectivity index (χ1) is 15.6. The van der Waals surface area contributed by atoms with Crippen molar-refractivity contribution in [3.05, 3.63) is 52.5 Å². The van der Waals surface area contributed by atoms with Crippen LogP contribution in [0.25, 0.3) is 0 Å². The third kappa shape index (κ3) is 6.08. The van der Waals surface area contributed by atoms with Crippen LogP contribution in [-0.2, 0) is 11.0 Å². The Morgan fingerprint density at radius 3 is 2.27 bits per heavy atom. The molecule has 7 nitrogen and oxygen atoms in total. The van der Waals surface area contributed by atoms with Gasteiger partial charge in [0.25, 0.3) is 5.91 Å². The second kappa shape index (κ2) is 10.3. The predicted octanol–water partition coefficient (Wildman–Crippen LogP) is 3.77. The van der Waals surface area contributed by atoms with Gasteiger partial charge < -0.3 is 19.7 Å². The third-order valence-corrected chi connectivity index (χ3v) is 5.45. The standard InChI is InChI=1S/C22H23ClF3N3O4/c1-32-18-6-3-14(11-19(18)33-2)21(31)29-9-7-28(8-10-29)13-20(30)27-17-5-4-15(23)12-16(17)22(24,25)26/h3-6,11-12H,7-10,13H2,1-2H3,(H,27,30). The van der Waals surface area contributed by atoms with E-state index in [1.54, 1.807) is 28.0 Å². The average Bonchev–Trinajstić information content (AvgIpc) is 2.79. The van der Waals surface area contributed by atoms with E-state index < -0.39 is 17.6 Å². The van der Waals surface area contributed by atoms with E-state index in [1.807, 2.05) is 0 Å². The molecule has 1 N–H and O–H groups in total. The lowest BCUT2D eigenvalue weighted by Gasteiger charge is -2.34. The second-order valence-corrected chi connectivity index (χ2v) is 7.81. The lowest BCUT2D eigenvalue weighted by atomic mass is 10.1. The van der Waals surface area contributed by atoms with Crippen LogP contribution in [0.4, 0.5) is 18.9 Å². The van der Waals surface area contributed by atoms with Crippen LogP contribution >= 0.6 is 11.6 Å². The minimum Gasteiger partial charge on any atom is -0.493 e. The van der Waals surface area contributed by atoms with Crippen molar-refractivity contribution in [1.82, 2.24) is 9.80 Å². The molecule has 1 saturated heterocycles. The highest BCUT2D eigenvalue weighted by atomic mass is 35.5. The van der Waals surface area contributed by atoms with Crippen molar-refractivity contribution in [2.24, 2.45) is 0 Å². The van der Waals surface area contributed by atoms with Gasteiger partial charge in [0.2, 0.25) is 5.91 Å². The molecule has 3 rings (SSSR count). The SMILES string of the molecule is COc1ccc(C(=O)N2CCN(CC(=O)Nc3ccc(Cl)cc3C(F)(F)F)CC2)cc1OC. The number of carbonyl (C=O) groups excluding carboxylic acids is 2. The smallest absolute Gasteiger partial charge is 0.418 e. The van der Waals surface area contributed by atoms with Gasteiger partial charge in [0.1, 0.15) is 0 Å². The number of hydrogen-bond acceptors (Lipinski definition) is 5. The topological polar surface area (TPSA) is 71.1 Å². The maximum absolute atomic E-state index is 13.2. The molecule has 2 aromatic rings. The van der Waals surface area contributed by atoms with Crippen molar-refractivity contribution in [1.29, 1.82) is 0 Å². The molecule has 11 heteroatoms. The van der Waals surface area contributed by atoms with Gasteiger partial charge in [-0.15, -0.1) is 0 Å². The van der Waals surface area contributed by atoms with Gasteiger partial charge in [-0.2, -0.15) is 13.2 Å². The summed E-state index contributed by atoms with van der Waals surface area (Å²) in [5.41, 5.74) is -0.908. The zero-order chi connectivity index (χ0) is 24.2. The molecule has 0 saturated carbocycles. The van der Waals surface area contributed by atoms with Crippen LogP contribution in [0, 0.1) is 0 Å². The van der Waals surface area contributed by atoms with E-state index in [0.717, 1.165) is 12.1 Å². The van der Waals surface area contributed by atoms with Gasteiger partial charge in [-0.1, -0.05) is 11.6 Å². The Morgan fingerprint density at radius 2 is 1.67 bits per heavy atom. The number of piperazine rings is 1. The van der Waals surface area contributed by atoms with E-state index in [9.17, 15) is 22.8 Å². The Hall–Kier alpha value is -2.98. The molecule has 0 bridgehead atoms. The van der Waals surface area contributed by atoms with Crippen LogP contribution in [0.1, 0.15) is 15.9 Å². The van der Waals surface area contributed by atoms with Crippen molar-refractivity contribution in [2.75, 3.05) is 52.3 Å². The Kier molecular flexibility index (Phi) is 7.70. The normalized spacial score (nSPS) is 14.7. The Morgan fingerprint density at radius 1 is 1.00 bits per heavy atom. The zero-order valence-corrected chi connectivity index (χ0v) is 18.8. The van der Waals surface area contributed by atoms with E-state index >= 15 is 0 Å². The largest absolute Gasteiger partial charge is 0.493 e. The Bertz CT molecular complexity index is 1020. The monoisotopic (exact) mass is 485 g/mol. The van der Waals surface area contributed by atoms with Gasteiger partial charge in [0.15, 0.2) is 11.5 Å². The Labute approximate surface area is 194 Å². The summed E-state index contributed by atoms with van der Waals surface area (Å²) in [5.74, 6) is 0.192. The van der Waals surface area contributed by atoms with Gasteiger partial charge >= 0.3 is 6.18 Å². The van der Waals surface area contributed by atoms with Crippen LogP contribution in [0.5, 0.6) is 11.5 Å². The molecular formula is C22H23ClF3N3O4. The van der Waals surface area contributed by atoms with E-state index in [2.05, 4.69) is 5.32 Å². The van der Waals surface area contributed by atoms with Crippen LogP contribution in [0.3, 0.4) is 0 Å². The zero-order valence-electron chi connectivity index (χ0n) is 18.0. The summed E-state index contributed by atoms with van der Waals surface area (Å²) in [6.45, 7) is 1.45. The summed E-state index contributed by atoms with van der Waals surface area (Å²) in [5, 5.41) is 2.24. The number of carbonyl (C=O) groups is 2. The van der Waals surface area contributed by atoms with E-state index in [1.165, 1.54) is 20.3 Å². The average molecular weight is 486 g/mol. The first kappa shape index (κ1) is 24.7. The number of nitrogens with one attached hydrogen (secondary N) is 1. The molecule has 1 aliphatic rings. The van der Waals surface area contributed by atoms with Crippen molar-refractivity contribution in [3.8, 4) is 11.5 Å². The first-order valence-corrected chi connectivity index (χ1v) is 10.4. The maximum atomic E-state index is 13.2. The van der Waals surface area contributed by atoms with Crippen molar-refractivity contribution >= 4 is 29.1 Å². The lowest BCUT2D eigenvalue weighted by molar-refractivity contribution is -0.137. The molecule has 1 heterocycles. The second-order valence-electron chi connectivity index (χ2n) is 7.37. The van der Waals surface area contributed by atoms with Gasteiger partial charge in [0.05, 0.1) is 32.0 Å². The van der Waals surface area contributed by atoms with Crippen LogP contribution in [-0.4, -0.2) is 68.6 Å². The van der Waals surface area contributed by atoms with Crippen LogP contribution in [0.15, 0.2) is 36.4 Å². The number of benzene rings is 2. The number of alkyl halides is 3. The molecule has 2 amide bonds. The maximum Gasteiger partial charge on any atom is 0.418 e. The number of nitrogens with zero attached hydrogens (tertiary/aromatic N) is 2. The summed E-state index contributed by atoms with van der Waals surface area (Å²) in [6.07, 6.45) is -4.65. The number of methoxy groups -OCH3 is 2. The summed E-state index contributed by atoms with van der Waals surface area (Å²) in [7, 11) is 2.99. The molecular weight excluding hydrogens is 463 g/mol. The lowest BCUT2D eigenvalue weighted by Crippen LogP contribution is -2.50. The summed E-state index contributed by atoms with van der Waals surface area (Å²) in [6, 6.07) is 8.08. The van der Waals surface area contributed by atoms with Crippen molar-refractivity contribution in [2.45, 2.75) is 6.18 Å². The van der Waals surface area contributed by atoms with Gasteiger partial charge in [-0.3, -0.25) is 14.5 Å². The number of amides is 2. The fourth-order valence-electron chi connectivity index (χ4n) is 3.51. The molecule has 178 valence electrons. The fourth-order valence-corrected chi connectivity index (χ4v) is 3.69. The highest BCUT2D eigenvalue weighted by Crippen LogP contribution is 2.36. The first-order valence-electron chi connectivity index (χ1n) is 10.0. The molecule has 0 aliphatic carbocycles. The third-order valence-electron chi connectivity index (χ3n) is 5.22. The number of rotatable bonds is 6. The predicted molar refractivity (Wildman–Crippen MR) is 117 cm³/mol. The molecule has 0 aromatic heterocycles. The molecule has 33 heavy (non-hydrogen) atoms. The molecule has 0 unspecified atom stereocenters. The number of hydrogen-bond donors (Lipinski definition) is 1. The van der Waals surface area contributed by atoms with Gasteiger partial charge in [-0.25, -0.2) is 0 Å². The summed E-state index contributed by atoms with van der Waals surface area (Å²) in [4.78, 5) is 28.6. The van der Waals surface area contributed by atoms with E-state index in [0.29, 0.717) is 43.2 Å². The highest BCUT2D eigenvalue weighted by Gasteiger charge is 2.34. The molecule has 0 spiro atoms. The van der Waals surface area contributed by atoms with Crippen molar-refractivity contribution < 1.29 is 32.2 Å². The van der Waals surface area contributed by atoms with Crippen molar-refractivity contribution in [3.63, 3.8) is 0 Å². The summed E-state index contributed by atoms with van der Waals surface area (Å²) < 4.78 is 50.1. The Balaban J connectivity index is 1.57. The molecule has 1 fully saturated rings. The van der Waals surface area contributed by atoms with Gasteiger partial charge in [0, 0.05) is 36.8 Å². The minimum atomic E-state index is -4.65. The molecule has 1 aliphatic heterocycles. The number of ether oxygens (including phenoxy) is 2.